The Morgan fingerprint density at radius 1 is 1.00 bits per heavy atom. The van der Waals surface area contributed by atoms with Crippen molar-refractivity contribution < 1.29 is 13.2 Å². The van der Waals surface area contributed by atoms with E-state index in [9.17, 15) is 8.78 Å². The smallest absolute Gasteiger partial charge is 0.247 e. The van der Waals surface area contributed by atoms with Crippen molar-refractivity contribution in [3.8, 4) is 11.5 Å². The van der Waals surface area contributed by atoms with Gasteiger partial charge in [0.2, 0.25) is 11.8 Å². The predicted molar refractivity (Wildman–Crippen MR) is 78.2 cm³/mol. The summed E-state index contributed by atoms with van der Waals surface area (Å²) >= 11 is 0. The van der Waals surface area contributed by atoms with Crippen molar-refractivity contribution in [2.45, 2.75) is 13.5 Å². The molecule has 3 rings (SSSR count). The number of anilines is 1. The molecule has 1 heterocycles. The largest absolute Gasteiger partial charge is 0.419 e. The number of aromatic nitrogens is 2. The van der Waals surface area contributed by atoms with Crippen LogP contribution in [0.4, 0.5) is 14.5 Å². The first-order valence-corrected chi connectivity index (χ1v) is 6.71. The van der Waals surface area contributed by atoms with E-state index >= 15 is 0 Å². The van der Waals surface area contributed by atoms with E-state index in [1.54, 1.807) is 0 Å². The number of hydrogen-bond donors (Lipinski definition) is 1. The predicted octanol–water partition coefficient (Wildman–Crippen LogP) is 3.94. The molecule has 112 valence electrons. The van der Waals surface area contributed by atoms with Crippen molar-refractivity contribution in [3.05, 3.63) is 65.6 Å². The maximum Gasteiger partial charge on any atom is 0.247 e. The van der Waals surface area contributed by atoms with E-state index in [1.165, 1.54) is 18.2 Å². The molecule has 0 aliphatic carbocycles. The summed E-state index contributed by atoms with van der Waals surface area (Å²) in [6.45, 7) is 2.02. The van der Waals surface area contributed by atoms with Gasteiger partial charge < -0.3 is 9.73 Å². The van der Waals surface area contributed by atoms with Gasteiger partial charge in [0.1, 0.15) is 17.3 Å². The highest BCUT2D eigenvalue weighted by Gasteiger charge is 2.11. The quantitative estimate of drug-likeness (QED) is 0.793. The van der Waals surface area contributed by atoms with Gasteiger partial charge in [0.25, 0.3) is 0 Å². The summed E-state index contributed by atoms with van der Waals surface area (Å²) in [6.07, 6.45) is 0. The molecule has 0 bridgehead atoms. The third kappa shape index (κ3) is 2.95. The first-order valence-electron chi connectivity index (χ1n) is 6.71. The van der Waals surface area contributed by atoms with Gasteiger partial charge in [-0.2, -0.15) is 0 Å². The minimum Gasteiger partial charge on any atom is -0.419 e. The van der Waals surface area contributed by atoms with Gasteiger partial charge in [-0.15, -0.1) is 10.2 Å². The molecule has 0 fully saturated rings. The van der Waals surface area contributed by atoms with Crippen molar-refractivity contribution in [3.63, 3.8) is 0 Å². The molecule has 0 aliphatic heterocycles. The summed E-state index contributed by atoms with van der Waals surface area (Å²) in [7, 11) is 0. The zero-order valence-electron chi connectivity index (χ0n) is 11.8. The van der Waals surface area contributed by atoms with Crippen LogP contribution in [0, 0.1) is 18.6 Å². The first kappa shape index (κ1) is 14.2. The number of benzene rings is 2. The Labute approximate surface area is 125 Å². The lowest BCUT2D eigenvalue weighted by Crippen LogP contribution is -2.04. The first-order chi connectivity index (χ1) is 10.6. The highest BCUT2D eigenvalue weighted by Crippen LogP contribution is 2.21. The van der Waals surface area contributed by atoms with Crippen LogP contribution in [0.15, 0.2) is 46.9 Å². The Balaban J connectivity index is 1.73. The second-order valence-corrected chi connectivity index (χ2v) is 4.82. The Morgan fingerprint density at radius 3 is 2.36 bits per heavy atom. The van der Waals surface area contributed by atoms with Gasteiger partial charge in [0, 0.05) is 5.56 Å². The number of rotatable bonds is 4. The second-order valence-electron chi connectivity index (χ2n) is 4.82. The fourth-order valence-corrected chi connectivity index (χ4v) is 1.97. The maximum absolute atomic E-state index is 13.5. The van der Waals surface area contributed by atoms with Crippen LogP contribution >= 0.6 is 0 Å². The lowest BCUT2D eigenvalue weighted by atomic mass is 10.1. The zero-order valence-corrected chi connectivity index (χ0v) is 11.8. The molecule has 2 aromatic carbocycles. The van der Waals surface area contributed by atoms with Gasteiger partial charge >= 0.3 is 0 Å². The highest BCUT2D eigenvalue weighted by atomic mass is 19.1. The summed E-state index contributed by atoms with van der Waals surface area (Å²) in [5.74, 6) is -0.722. The van der Waals surface area contributed by atoms with Gasteiger partial charge in [0.15, 0.2) is 0 Å². The molecule has 0 spiro atoms. The minimum atomic E-state index is -0.668. The van der Waals surface area contributed by atoms with Crippen molar-refractivity contribution in [1.82, 2.24) is 10.2 Å². The van der Waals surface area contributed by atoms with Crippen molar-refractivity contribution in [2.24, 2.45) is 0 Å². The van der Waals surface area contributed by atoms with E-state index in [2.05, 4.69) is 15.5 Å². The molecule has 6 heteroatoms. The van der Waals surface area contributed by atoms with Crippen LogP contribution in [-0.2, 0) is 6.54 Å². The van der Waals surface area contributed by atoms with Gasteiger partial charge in [-0.1, -0.05) is 23.8 Å². The molecule has 0 unspecified atom stereocenters. The normalized spacial score (nSPS) is 10.7. The molecule has 0 atom stereocenters. The molecule has 22 heavy (non-hydrogen) atoms. The molecule has 0 radical (unpaired) electrons. The average Bonchev–Trinajstić information content (AvgIpc) is 2.96. The van der Waals surface area contributed by atoms with Crippen LogP contribution in [0.2, 0.25) is 0 Å². The lowest BCUT2D eigenvalue weighted by molar-refractivity contribution is 0.512. The van der Waals surface area contributed by atoms with Gasteiger partial charge in [0.05, 0.1) is 6.54 Å². The summed E-state index contributed by atoms with van der Waals surface area (Å²) in [6, 6.07) is 11.3. The third-order valence-corrected chi connectivity index (χ3v) is 3.14. The number of halogens is 2. The van der Waals surface area contributed by atoms with Crippen LogP contribution in [0.5, 0.6) is 0 Å². The van der Waals surface area contributed by atoms with Gasteiger partial charge in [-0.25, -0.2) is 8.78 Å². The number of hydrogen-bond acceptors (Lipinski definition) is 4. The Hall–Kier alpha value is -2.76. The molecule has 1 aromatic heterocycles. The summed E-state index contributed by atoms with van der Waals surface area (Å²) in [4.78, 5) is 0. The van der Waals surface area contributed by atoms with Crippen LogP contribution in [0.3, 0.4) is 0 Å². The van der Waals surface area contributed by atoms with Crippen molar-refractivity contribution in [1.29, 1.82) is 0 Å². The van der Waals surface area contributed by atoms with Crippen molar-refractivity contribution >= 4 is 5.69 Å². The summed E-state index contributed by atoms with van der Waals surface area (Å²) < 4.78 is 32.5. The van der Waals surface area contributed by atoms with E-state index in [0.717, 1.165) is 11.1 Å². The Kier molecular flexibility index (Phi) is 3.82. The Bertz CT molecular complexity index is 764. The fourth-order valence-electron chi connectivity index (χ4n) is 1.97. The average molecular weight is 301 g/mol. The van der Waals surface area contributed by atoms with Gasteiger partial charge in [-0.05, 0) is 31.2 Å². The third-order valence-electron chi connectivity index (χ3n) is 3.14. The van der Waals surface area contributed by atoms with E-state index in [1.807, 2.05) is 31.2 Å². The lowest BCUT2D eigenvalue weighted by Gasteiger charge is -2.05. The number of nitrogens with one attached hydrogen (secondary N) is 1. The zero-order chi connectivity index (χ0) is 15.5. The molecule has 3 aromatic rings. The van der Waals surface area contributed by atoms with Crippen LogP contribution in [0.1, 0.15) is 11.5 Å². The van der Waals surface area contributed by atoms with E-state index in [0.29, 0.717) is 5.89 Å². The van der Waals surface area contributed by atoms with E-state index in [-0.39, 0.29) is 18.1 Å². The molecule has 1 N–H and O–H groups in total. The minimum absolute atomic E-state index is 0.0384. The van der Waals surface area contributed by atoms with Crippen LogP contribution in [0.25, 0.3) is 11.5 Å². The molecular weight excluding hydrogens is 288 g/mol. The fraction of sp³-hybridized carbons (Fsp3) is 0.125. The Morgan fingerprint density at radius 2 is 1.68 bits per heavy atom. The molecule has 0 saturated carbocycles. The second kappa shape index (κ2) is 5.93. The van der Waals surface area contributed by atoms with Crippen LogP contribution in [-0.4, -0.2) is 10.2 Å². The number of para-hydroxylation sites is 1. The summed E-state index contributed by atoms with van der Waals surface area (Å²) in [5.41, 5.74) is 1.71. The number of aryl methyl sites for hydroxylation is 1. The van der Waals surface area contributed by atoms with E-state index in [4.69, 9.17) is 4.42 Å². The van der Waals surface area contributed by atoms with E-state index < -0.39 is 11.6 Å². The monoisotopic (exact) mass is 301 g/mol. The van der Waals surface area contributed by atoms with Gasteiger partial charge in [-0.3, -0.25) is 0 Å². The standard InChI is InChI=1S/C16H13F2N3O/c1-10-5-7-11(8-6-10)16-21-20-14(22-16)9-19-15-12(17)3-2-4-13(15)18/h2-8,19H,9H2,1H3. The molecule has 0 amide bonds. The summed E-state index contributed by atoms with van der Waals surface area (Å²) in [5, 5.41) is 10.4. The van der Waals surface area contributed by atoms with Crippen LogP contribution < -0.4 is 5.32 Å². The number of nitrogens with zero attached hydrogens (tertiary/aromatic N) is 2. The SMILES string of the molecule is Cc1ccc(-c2nnc(CNc3c(F)cccc3F)o2)cc1. The molecular formula is C16H13F2N3O. The molecule has 0 aliphatic rings. The molecule has 4 nitrogen and oxygen atoms in total. The highest BCUT2D eigenvalue weighted by molar-refractivity contribution is 5.53. The topological polar surface area (TPSA) is 51.0 Å². The maximum atomic E-state index is 13.5. The van der Waals surface area contributed by atoms with Crippen molar-refractivity contribution in [2.75, 3.05) is 5.32 Å². The molecule has 0 saturated heterocycles.